The summed E-state index contributed by atoms with van der Waals surface area (Å²) in [5.41, 5.74) is 0.979. The molecule has 40 heavy (non-hydrogen) atoms. The lowest BCUT2D eigenvalue weighted by molar-refractivity contribution is -0.140. The van der Waals surface area contributed by atoms with Crippen LogP contribution < -0.4 is 19.1 Å². The van der Waals surface area contributed by atoms with Gasteiger partial charge in [0.15, 0.2) is 0 Å². The van der Waals surface area contributed by atoms with Crippen molar-refractivity contribution in [2.45, 2.75) is 37.8 Å². The maximum atomic E-state index is 14.0. The molecule has 0 saturated carbocycles. The van der Waals surface area contributed by atoms with Gasteiger partial charge in [-0.05, 0) is 79.6 Å². The minimum Gasteiger partial charge on any atom is -0.497 e. The van der Waals surface area contributed by atoms with Gasteiger partial charge in [-0.15, -0.1) is 0 Å². The summed E-state index contributed by atoms with van der Waals surface area (Å²) in [7, 11) is -1.17. The lowest BCUT2D eigenvalue weighted by Crippen LogP contribution is -2.52. The molecule has 2 amide bonds. The van der Waals surface area contributed by atoms with Crippen molar-refractivity contribution in [2.24, 2.45) is 0 Å². The van der Waals surface area contributed by atoms with Crippen LogP contribution in [0.25, 0.3) is 0 Å². The van der Waals surface area contributed by atoms with Crippen LogP contribution in [-0.4, -0.2) is 58.5 Å². The van der Waals surface area contributed by atoms with Crippen LogP contribution in [0.2, 0.25) is 5.02 Å². The maximum Gasteiger partial charge on any atom is 0.264 e. The van der Waals surface area contributed by atoms with Gasteiger partial charge in [-0.25, -0.2) is 8.42 Å². The largest absolute Gasteiger partial charge is 0.497 e. The second-order valence-electron chi connectivity index (χ2n) is 8.86. The number of nitrogens with zero attached hydrogens (tertiary/aromatic N) is 2. The van der Waals surface area contributed by atoms with Gasteiger partial charge in [0.2, 0.25) is 11.8 Å². The first kappa shape index (κ1) is 30.8. The number of rotatable bonds is 13. The van der Waals surface area contributed by atoms with Crippen LogP contribution in [0.3, 0.4) is 0 Å². The third kappa shape index (κ3) is 7.45. The molecule has 0 radical (unpaired) electrons. The zero-order valence-electron chi connectivity index (χ0n) is 23.0. The van der Waals surface area contributed by atoms with E-state index in [4.69, 9.17) is 21.1 Å². The number of nitrogens with one attached hydrogen (secondary N) is 1. The van der Waals surface area contributed by atoms with Crippen molar-refractivity contribution < 1.29 is 27.5 Å². The number of methoxy groups -OCH3 is 2. The molecule has 0 heterocycles. The van der Waals surface area contributed by atoms with E-state index < -0.39 is 28.5 Å². The van der Waals surface area contributed by atoms with Gasteiger partial charge < -0.3 is 19.7 Å². The van der Waals surface area contributed by atoms with E-state index in [0.717, 1.165) is 9.87 Å². The number of anilines is 1. The van der Waals surface area contributed by atoms with Gasteiger partial charge in [0.1, 0.15) is 24.1 Å². The quantitative estimate of drug-likeness (QED) is 0.316. The van der Waals surface area contributed by atoms with Crippen molar-refractivity contribution in [3.05, 3.63) is 83.4 Å². The zero-order valence-corrected chi connectivity index (χ0v) is 24.5. The molecular formula is C29H34ClN3O6S. The highest BCUT2D eigenvalue weighted by Gasteiger charge is 2.33. The van der Waals surface area contributed by atoms with Crippen molar-refractivity contribution in [1.29, 1.82) is 0 Å². The standard InChI is InChI=1S/C29H34ClN3O6S/c1-5-27(29(35)31-6-2)32(19-21-8-7-9-25(18-21)39-4)28(34)20-33(23-12-10-22(30)11-13-23)40(36,37)26-16-14-24(38-3)15-17-26/h7-18,27H,5-6,19-20H2,1-4H3,(H,31,35). The Morgan fingerprint density at radius 2 is 1.57 bits per heavy atom. The first-order valence-electron chi connectivity index (χ1n) is 12.8. The van der Waals surface area contributed by atoms with Crippen LogP contribution in [0.15, 0.2) is 77.7 Å². The fraction of sp³-hybridized carbons (Fsp3) is 0.310. The highest BCUT2D eigenvalue weighted by atomic mass is 35.5. The predicted octanol–water partition coefficient (Wildman–Crippen LogP) is 4.50. The summed E-state index contributed by atoms with van der Waals surface area (Å²) >= 11 is 6.07. The Kier molecular flexibility index (Phi) is 10.8. The summed E-state index contributed by atoms with van der Waals surface area (Å²) in [6.45, 7) is 3.51. The Labute approximate surface area is 240 Å². The molecule has 0 bridgehead atoms. The Morgan fingerprint density at radius 3 is 2.15 bits per heavy atom. The van der Waals surface area contributed by atoms with Gasteiger partial charge in [-0.3, -0.25) is 13.9 Å². The number of carbonyl (C=O) groups is 2. The van der Waals surface area contributed by atoms with E-state index in [0.29, 0.717) is 29.5 Å². The molecule has 9 nitrogen and oxygen atoms in total. The van der Waals surface area contributed by atoms with Crippen LogP contribution in [0.1, 0.15) is 25.8 Å². The molecule has 0 aliphatic carbocycles. The van der Waals surface area contributed by atoms with E-state index in [1.807, 2.05) is 6.07 Å². The molecular weight excluding hydrogens is 554 g/mol. The molecule has 0 saturated heterocycles. The number of hydrogen-bond acceptors (Lipinski definition) is 6. The fourth-order valence-electron chi connectivity index (χ4n) is 4.19. The number of halogens is 1. The van der Waals surface area contributed by atoms with Crippen molar-refractivity contribution in [3.8, 4) is 11.5 Å². The first-order valence-corrected chi connectivity index (χ1v) is 14.6. The lowest BCUT2D eigenvalue weighted by atomic mass is 10.1. The van der Waals surface area contributed by atoms with Gasteiger partial charge in [-0.2, -0.15) is 0 Å². The monoisotopic (exact) mass is 587 g/mol. The van der Waals surface area contributed by atoms with E-state index in [-0.39, 0.29) is 23.0 Å². The number of likely N-dealkylation sites (N-methyl/N-ethyl adjacent to an activating group) is 1. The SMILES string of the molecule is CCNC(=O)C(CC)N(Cc1cccc(OC)c1)C(=O)CN(c1ccc(Cl)cc1)S(=O)(=O)c1ccc(OC)cc1. The normalized spacial score (nSPS) is 11.8. The minimum atomic E-state index is -4.20. The maximum absolute atomic E-state index is 14.0. The number of benzene rings is 3. The van der Waals surface area contributed by atoms with E-state index in [9.17, 15) is 18.0 Å². The summed E-state index contributed by atoms with van der Waals surface area (Å²) in [4.78, 5) is 28.4. The predicted molar refractivity (Wildman–Crippen MR) is 155 cm³/mol. The molecule has 3 rings (SSSR count). The van der Waals surface area contributed by atoms with Crippen molar-refractivity contribution >= 4 is 39.1 Å². The molecule has 214 valence electrons. The van der Waals surface area contributed by atoms with Gasteiger partial charge in [0.05, 0.1) is 24.8 Å². The van der Waals surface area contributed by atoms with Crippen molar-refractivity contribution in [2.75, 3.05) is 31.6 Å². The second kappa shape index (κ2) is 14.0. The third-order valence-corrected chi connectivity index (χ3v) is 8.30. The van der Waals surface area contributed by atoms with E-state index in [1.54, 1.807) is 51.3 Å². The Balaban J connectivity index is 2.06. The second-order valence-corrected chi connectivity index (χ2v) is 11.2. The number of ether oxygens (including phenoxy) is 2. The molecule has 0 aromatic heterocycles. The Hall–Kier alpha value is -3.76. The molecule has 1 unspecified atom stereocenters. The van der Waals surface area contributed by atoms with Gasteiger partial charge >= 0.3 is 0 Å². The van der Waals surface area contributed by atoms with E-state index >= 15 is 0 Å². The van der Waals surface area contributed by atoms with Gasteiger partial charge in [-0.1, -0.05) is 30.7 Å². The number of sulfonamides is 1. The average molecular weight is 588 g/mol. The van der Waals surface area contributed by atoms with Crippen LogP contribution in [0.5, 0.6) is 11.5 Å². The Morgan fingerprint density at radius 1 is 0.925 bits per heavy atom. The molecule has 3 aromatic rings. The molecule has 11 heteroatoms. The summed E-state index contributed by atoms with van der Waals surface area (Å²) in [6, 6.07) is 18.4. The number of carbonyl (C=O) groups excluding carboxylic acids is 2. The summed E-state index contributed by atoms with van der Waals surface area (Å²) in [5, 5.41) is 3.20. The van der Waals surface area contributed by atoms with Crippen LogP contribution in [0, 0.1) is 0 Å². The lowest BCUT2D eigenvalue weighted by Gasteiger charge is -2.33. The average Bonchev–Trinajstić information content (AvgIpc) is 2.96. The molecule has 0 aliphatic heterocycles. The van der Waals surface area contributed by atoms with Crippen LogP contribution in [0.4, 0.5) is 5.69 Å². The topological polar surface area (TPSA) is 105 Å². The first-order chi connectivity index (χ1) is 19.1. The smallest absolute Gasteiger partial charge is 0.264 e. The van der Waals surface area contributed by atoms with E-state index in [2.05, 4.69) is 5.32 Å². The molecule has 1 N–H and O–H groups in total. The summed E-state index contributed by atoms with van der Waals surface area (Å²) in [6.07, 6.45) is 0.327. The fourth-order valence-corrected chi connectivity index (χ4v) is 5.73. The highest BCUT2D eigenvalue weighted by molar-refractivity contribution is 7.92. The zero-order chi connectivity index (χ0) is 29.3. The Bertz CT molecular complexity index is 1400. The van der Waals surface area contributed by atoms with Gasteiger partial charge in [0.25, 0.3) is 10.0 Å². The summed E-state index contributed by atoms with van der Waals surface area (Å²) < 4.78 is 39.3. The number of amides is 2. The molecule has 1 atom stereocenters. The van der Waals surface area contributed by atoms with Crippen molar-refractivity contribution in [1.82, 2.24) is 10.2 Å². The minimum absolute atomic E-state index is 0.0221. The highest BCUT2D eigenvalue weighted by Crippen LogP contribution is 2.27. The van der Waals surface area contributed by atoms with Crippen molar-refractivity contribution in [3.63, 3.8) is 0 Å². The molecule has 0 aliphatic rings. The van der Waals surface area contributed by atoms with Crippen LogP contribution in [-0.2, 0) is 26.2 Å². The molecule has 3 aromatic carbocycles. The number of hydrogen-bond donors (Lipinski definition) is 1. The molecule has 0 fully saturated rings. The van der Waals surface area contributed by atoms with E-state index in [1.165, 1.54) is 48.4 Å². The third-order valence-electron chi connectivity index (χ3n) is 6.26. The molecule has 0 spiro atoms. The summed E-state index contributed by atoms with van der Waals surface area (Å²) in [5.74, 6) is 0.219. The van der Waals surface area contributed by atoms with Gasteiger partial charge in [0, 0.05) is 18.1 Å². The van der Waals surface area contributed by atoms with Crippen LogP contribution >= 0.6 is 11.6 Å².